The second kappa shape index (κ2) is 18.0. The van der Waals surface area contributed by atoms with Gasteiger partial charge < -0.3 is 10.2 Å². The van der Waals surface area contributed by atoms with E-state index in [9.17, 15) is 0 Å². The molecule has 10 heavy (non-hydrogen) atoms. The second-order valence-electron chi connectivity index (χ2n) is 2.19. The Morgan fingerprint density at radius 1 is 0.800 bits per heavy atom. The average molecular weight is 397 g/mol. The van der Waals surface area contributed by atoms with Gasteiger partial charge in [0.1, 0.15) is 0 Å². The molecular formula is C6H18Ba2O2. The Kier molecular flexibility index (Phi) is 41.6. The number of hydrogen-bond acceptors (Lipinski definition) is 2. The summed E-state index contributed by atoms with van der Waals surface area (Å²) in [6, 6.07) is 0. The van der Waals surface area contributed by atoms with Crippen LogP contribution in [0.1, 0.15) is 27.7 Å². The van der Waals surface area contributed by atoms with Gasteiger partial charge in [0.15, 0.2) is 0 Å². The largest absolute Gasteiger partial charge is 0 e. The fourth-order valence-electron chi connectivity index (χ4n) is 0. The molecule has 0 unspecified atom stereocenters. The molecule has 58 valence electrons. The van der Waals surface area contributed by atoms with Gasteiger partial charge in [-0.3, -0.25) is 0 Å². The van der Waals surface area contributed by atoms with Crippen molar-refractivity contribution in [3.63, 3.8) is 0 Å². The third-order valence-electron chi connectivity index (χ3n) is 0. The van der Waals surface area contributed by atoms with Crippen LogP contribution >= 0.6 is 0 Å². The zero-order chi connectivity index (χ0) is 7.15. The van der Waals surface area contributed by atoms with Gasteiger partial charge in [-0.1, -0.05) is 0 Å². The summed E-state index contributed by atoms with van der Waals surface area (Å²) in [4.78, 5) is 0. The molecule has 2 N–H and O–H groups in total. The van der Waals surface area contributed by atoms with Crippen LogP contribution < -0.4 is 0 Å². The topological polar surface area (TPSA) is 40.5 Å². The first kappa shape index (κ1) is 23.1. The third-order valence-corrected chi connectivity index (χ3v) is 0. The fourth-order valence-corrected chi connectivity index (χ4v) is 0. The Morgan fingerprint density at radius 3 is 0.800 bits per heavy atom. The van der Waals surface area contributed by atoms with E-state index in [2.05, 4.69) is 0 Å². The molecule has 0 spiro atoms. The molecule has 0 atom stereocenters. The zero-order valence-corrected chi connectivity index (χ0v) is 11.2. The molecule has 0 aromatic rings. The van der Waals surface area contributed by atoms with Crippen LogP contribution in [0.3, 0.4) is 0 Å². The maximum atomic E-state index is 8.06. The van der Waals surface area contributed by atoms with Gasteiger partial charge in [-0.25, -0.2) is 0 Å². The van der Waals surface area contributed by atoms with E-state index >= 15 is 0 Å². The summed E-state index contributed by atoms with van der Waals surface area (Å²) >= 11 is 0. The van der Waals surface area contributed by atoms with Gasteiger partial charge in [-0.05, 0) is 27.7 Å². The molecule has 0 aromatic heterocycles. The van der Waals surface area contributed by atoms with Crippen LogP contribution in [-0.2, 0) is 0 Å². The summed E-state index contributed by atoms with van der Waals surface area (Å²) in [5, 5.41) is 16.1. The molecule has 0 rings (SSSR count). The first-order valence-corrected chi connectivity index (χ1v) is 2.83. The van der Waals surface area contributed by atoms with E-state index in [0.29, 0.717) is 0 Å². The number of aliphatic hydroxyl groups is 2. The van der Waals surface area contributed by atoms with Crippen molar-refractivity contribution in [2.45, 2.75) is 39.9 Å². The minimum atomic E-state index is -0.167. The predicted octanol–water partition coefficient (Wildman–Crippen LogP) is -0.523. The molecule has 0 bridgehead atoms. The maximum Gasteiger partial charge on any atom is 0 e. The molecule has 2 nitrogen and oxygen atoms in total. The molecule has 0 aliphatic rings. The van der Waals surface area contributed by atoms with E-state index in [4.69, 9.17) is 10.2 Å². The van der Waals surface area contributed by atoms with Crippen molar-refractivity contribution in [3.8, 4) is 0 Å². The Bertz CT molecular complexity index is 29.2. The predicted molar refractivity (Wildman–Crippen MR) is 49.0 cm³/mol. The van der Waals surface area contributed by atoms with Crippen LogP contribution in [0.2, 0.25) is 0 Å². The standard InChI is InChI=1S/2C3H8O.2Ba.2H/c2*1-3(2)4;;;;/h2*3-4H,1-2H3;;;;. The van der Waals surface area contributed by atoms with Crippen molar-refractivity contribution in [3.05, 3.63) is 0 Å². The second-order valence-corrected chi connectivity index (χ2v) is 2.19. The zero-order valence-electron chi connectivity index (χ0n) is 6.76. The van der Waals surface area contributed by atoms with Crippen molar-refractivity contribution in [2.24, 2.45) is 0 Å². The van der Waals surface area contributed by atoms with Gasteiger partial charge in [0.05, 0.1) is 0 Å². The normalized spacial score (nSPS) is 7.20. The van der Waals surface area contributed by atoms with Crippen molar-refractivity contribution in [1.82, 2.24) is 0 Å². The quantitative estimate of drug-likeness (QED) is 0.541. The summed E-state index contributed by atoms with van der Waals surface area (Å²) in [7, 11) is 0. The number of hydrogen-bond donors (Lipinski definition) is 2. The average Bonchev–Trinajstić information content (AvgIpc) is 1.25. The molecule has 0 saturated heterocycles. The summed E-state index contributed by atoms with van der Waals surface area (Å²) in [6.07, 6.45) is -0.333. The van der Waals surface area contributed by atoms with Crippen LogP contribution in [0.4, 0.5) is 0 Å². The maximum absolute atomic E-state index is 8.06. The Balaban J connectivity index is -0.0000000300. The minimum absolute atomic E-state index is 0. The van der Waals surface area contributed by atoms with Gasteiger partial charge in [-0.15, -0.1) is 0 Å². The smallest absolute Gasteiger partial charge is 0 e. The summed E-state index contributed by atoms with van der Waals surface area (Å²) in [6.45, 7) is 6.89. The summed E-state index contributed by atoms with van der Waals surface area (Å²) < 4.78 is 0. The molecule has 0 amide bonds. The summed E-state index contributed by atoms with van der Waals surface area (Å²) in [5.74, 6) is 0. The van der Waals surface area contributed by atoms with E-state index in [1.165, 1.54) is 0 Å². The van der Waals surface area contributed by atoms with Crippen molar-refractivity contribution >= 4 is 97.8 Å². The first-order chi connectivity index (χ1) is 3.46. The van der Waals surface area contributed by atoms with E-state index in [1.807, 2.05) is 0 Å². The monoisotopic (exact) mass is 398 g/mol. The van der Waals surface area contributed by atoms with Crippen molar-refractivity contribution in [2.75, 3.05) is 0 Å². The number of aliphatic hydroxyl groups excluding tert-OH is 2. The van der Waals surface area contributed by atoms with Crippen LogP contribution in [-0.4, -0.2) is 120 Å². The number of rotatable bonds is 0. The van der Waals surface area contributed by atoms with Crippen LogP contribution in [0.15, 0.2) is 0 Å². The van der Waals surface area contributed by atoms with Gasteiger partial charge in [0.25, 0.3) is 0 Å². The Hall–Kier alpha value is 3.06. The van der Waals surface area contributed by atoms with Crippen LogP contribution in [0.25, 0.3) is 0 Å². The molecular weight excluding hydrogens is 379 g/mol. The van der Waals surface area contributed by atoms with Gasteiger partial charge in [0, 0.05) is 61.1 Å². The van der Waals surface area contributed by atoms with E-state index in [1.54, 1.807) is 27.7 Å². The van der Waals surface area contributed by atoms with Crippen molar-refractivity contribution in [1.29, 1.82) is 0 Å². The molecule has 0 aliphatic heterocycles. The Morgan fingerprint density at radius 2 is 0.800 bits per heavy atom. The van der Waals surface area contributed by atoms with Gasteiger partial charge in [-0.2, -0.15) is 0 Å². The molecule has 0 heterocycles. The van der Waals surface area contributed by atoms with Gasteiger partial charge >= 0.3 is 48.9 Å². The van der Waals surface area contributed by atoms with Crippen LogP contribution in [0, 0.1) is 0 Å². The van der Waals surface area contributed by atoms with E-state index < -0.39 is 0 Å². The molecule has 2 radical (unpaired) electrons. The third kappa shape index (κ3) is 119. The first-order valence-electron chi connectivity index (χ1n) is 2.83. The minimum Gasteiger partial charge on any atom is 0 e. The molecule has 4 heteroatoms. The SMILES string of the molecule is CC(C)O.CC(C)O.[BaH2].[Ba]. The van der Waals surface area contributed by atoms with E-state index in [0.717, 1.165) is 0 Å². The van der Waals surface area contributed by atoms with Gasteiger partial charge in [0.2, 0.25) is 0 Å². The Labute approximate surface area is 144 Å². The molecule has 0 saturated carbocycles. The van der Waals surface area contributed by atoms with Crippen LogP contribution in [0.5, 0.6) is 0 Å². The van der Waals surface area contributed by atoms with Crippen molar-refractivity contribution < 1.29 is 10.2 Å². The fraction of sp³-hybridized carbons (Fsp3) is 1.00. The summed E-state index contributed by atoms with van der Waals surface area (Å²) in [5.41, 5.74) is 0. The molecule has 0 aliphatic carbocycles. The molecule has 0 aromatic carbocycles. The van der Waals surface area contributed by atoms with E-state index in [-0.39, 0.29) is 110 Å². The molecule has 0 fully saturated rings.